The largest absolute Gasteiger partial charge is 0.462 e. The molecule has 0 aliphatic rings. The Morgan fingerprint density at radius 2 is 1.95 bits per heavy atom. The number of ether oxygens (including phenoxy) is 1. The summed E-state index contributed by atoms with van der Waals surface area (Å²) in [5.74, 6) is -0.671. The summed E-state index contributed by atoms with van der Waals surface area (Å²) in [4.78, 5) is 26.0. The number of esters is 1. The van der Waals surface area contributed by atoms with Crippen LogP contribution in [0.5, 0.6) is 0 Å². The van der Waals surface area contributed by atoms with Gasteiger partial charge in [-0.25, -0.2) is 4.79 Å². The van der Waals surface area contributed by atoms with Crippen molar-refractivity contribution in [1.82, 2.24) is 4.98 Å². The number of hydrogen-bond donors (Lipinski definition) is 1. The second-order valence-corrected chi connectivity index (χ2v) is 4.28. The van der Waals surface area contributed by atoms with Crippen LogP contribution < -0.4 is 5.56 Å². The van der Waals surface area contributed by atoms with Crippen LogP contribution >= 0.6 is 0 Å². The summed E-state index contributed by atoms with van der Waals surface area (Å²) < 4.78 is 4.84. The second kappa shape index (κ2) is 6.60. The SMILES string of the molecule is CCOC(=O)c1cc(N=Nc2ccccc2)c(C)[nH]c1=O. The van der Waals surface area contributed by atoms with Crippen LogP contribution in [-0.4, -0.2) is 17.6 Å². The van der Waals surface area contributed by atoms with E-state index in [1.807, 2.05) is 18.2 Å². The fourth-order valence-corrected chi connectivity index (χ4v) is 1.68. The summed E-state index contributed by atoms with van der Waals surface area (Å²) in [6.07, 6.45) is 0. The van der Waals surface area contributed by atoms with Crippen LogP contribution in [0.2, 0.25) is 0 Å². The first-order chi connectivity index (χ1) is 10.1. The predicted molar refractivity (Wildman–Crippen MR) is 78.4 cm³/mol. The molecule has 6 nitrogen and oxygen atoms in total. The first-order valence-electron chi connectivity index (χ1n) is 6.49. The highest BCUT2D eigenvalue weighted by molar-refractivity contribution is 5.89. The van der Waals surface area contributed by atoms with Crippen molar-refractivity contribution in [2.45, 2.75) is 13.8 Å². The van der Waals surface area contributed by atoms with E-state index in [9.17, 15) is 9.59 Å². The standard InChI is InChI=1S/C15H15N3O3/c1-3-21-15(20)12-9-13(10(2)16-14(12)19)18-17-11-7-5-4-6-8-11/h4-9H,3H2,1-2H3,(H,16,19). The zero-order valence-electron chi connectivity index (χ0n) is 11.8. The molecule has 0 unspecified atom stereocenters. The van der Waals surface area contributed by atoms with E-state index in [1.54, 1.807) is 26.0 Å². The minimum absolute atomic E-state index is 0.0792. The molecule has 0 aliphatic carbocycles. The lowest BCUT2D eigenvalue weighted by molar-refractivity contribution is 0.0524. The topological polar surface area (TPSA) is 83.9 Å². The van der Waals surface area contributed by atoms with E-state index in [4.69, 9.17) is 4.74 Å². The maximum absolute atomic E-state index is 11.8. The lowest BCUT2D eigenvalue weighted by Crippen LogP contribution is -2.20. The van der Waals surface area contributed by atoms with Gasteiger partial charge in [-0.15, -0.1) is 5.11 Å². The molecule has 0 saturated heterocycles. The fraction of sp³-hybridized carbons (Fsp3) is 0.200. The van der Waals surface area contributed by atoms with Gasteiger partial charge in [0, 0.05) is 5.69 Å². The third-order valence-electron chi connectivity index (χ3n) is 2.74. The number of nitrogens with zero attached hydrogens (tertiary/aromatic N) is 2. The number of nitrogens with one attached hydrogen (secondary N) is 1. The van der Waals surface area contributed by atoms with Crippen molar-refractivity contribution in [3.8, 4) is 0 Å². The number of carbonyl (C=O) groups excluding carboxylic acids is 1. The zero-order valence-corrected chi connectivity index (χ0v) is 11.8. The smallest absolute Gasteiger partial charge is 0.343 e. The second-order valence-electron chi connectivity index (χ2n) is 4.28. The van der Waals surface area contributed by atoms with Gasteiger partial charge in [-0.3, -0.25) is 4.79 Å². The van der Waals surface area contributed by atoms with Crippen LogP contribution in [0.1, 0.15) is 23.0 Å². The number of aryl methyl sites for hydroxylation is 1. The Kier molecular flexibility index (Phi) is 4.61. The van der Waals surface area contributed by atoms with Gasteiger partial charge >= 0.3 is 5.97 Å². The molecule has 1 N–H and O–H groups in total. The van der Waals surface area contributed by atoms with Crippen molar-refractivity contribution in [1.29, 1.82) is 0 Å². The quantitative estimate of drug-likeness (QED) is 0.691. The molecule has 2 rings (SSSR count). The lowest BCUT2D eigenvalue weighted by Gasteiger charge is -2.04. The summed E-state index contributed by atoms with van der Waals surface area (Å²) in [7, 11) is 0. The summed E-state index contributed by atoms with van der Waals surface area (Å²) >= 11 is 0. The van der Waals surface area contributed by atoms with E-state index in [0.29, 0.717) is 17.1 Å². The van der Waals surface area contributed by atoms with Gasteiger partial charge in [0.2, 0.25) is 0 Å². The van der Waals surface area contributed by atoms with E-state index in [2.05, 4.69) is 15.2 Å². The number of aromatic amines is 1. The third kappa shape index (κ3) is 3.62. The molecule has 6 heteroatoms. The molecule has 0 fully saturated rings. The van der Waals surface area contributed by atoms with Gasteiger partial charge in [-0.2, -0.15) is 5.11 Å². The Hall–Kier alpha value is -2.76. The molecule has 0 saturated carbocycles. The summed E-state index contributed by atoms with van der Waals surface area (Å²) in [6.45, 7) is 3.57. The minimum atomic E-state index is -0.671. The number of rotatable bonds is 4. The van der Waals surface area contributed by atoms with Crippen LogP contribution in [0, 0.1) is 6.92 Å². The molecule has 0 aliphatic heterocycles. The van der Waals surface area contributed by atoms with E-state index < -0.39 is 11.5 Å². The molecule has 1 heterocycles. The third-order valence-corrected chi connectivity index (χ3v) is 2.74. The van der Waals surface area contributed by atoms with Gasteiger partial charge in [-0.1, -0.05) is 18.2 Å². The van der Waals surface area contributed by atoms with Crippen molar-refractivity contribution in [2.75, 3.05) is 6.61 Å². The van der Waals surface area contributed by atoms with Crippen molar-refractivity contribution in [3.63, 3.8) is 0 Å². The number of carbonyl (C=O) groups is 1. The molecule has 0 spiro atoms. The highest BCUT2D eigenvalue weighted by Crippen LogP contribution is 2.20. The highest BCUT2D eigenvalue weighted by atomic mass is 16.5. The van der Waals surface area contributed by atoms with Crippen molar-refractivity contribution in [2.24, 2.45) is 10.2 Å². The Morgan fingerprint density at radius 3 is 2.62 bits per heavy atom. The molecule has 0 amide bonds. The van der Waals surface area contributed by atoms with E-state index in [1.165, 1.54) is 6.07 Å². The first kappa shape index (κ1) is 14.6. The number of aromatic nitrogens is 1. The van der Waals surface area contributed by atoms with Gasteiger partial charge in [-0.05, 0) is 32.0 Å². The Morgan fingerprint density at radius 1 is 1.24 bits per heavy atom. The molecular formula is C15H15N3O3. The molecule has 1 aromatic heterocycles. The van der Waals surface area contributed by atoms with Gasteiger partial charge in [0.15, 0.2) is 0 Å². The van der Waals surface area contributed by atoms with E-state index in [-0.39, 0.29) is 12.2 Å². The summed E-state index contributed by atoms with van der Waals surface area (Å²) in [5.41, 5.74) is 1.06. The van der Waals surface area contributed by atoms with Gasteiger partial charge in [0.25, 0.3) is 5.56 Å². The Balaban J connectivity index is 2.36. The molecule has 0 radical (unpaired) electrons. The molecular weight excluding hydrogens is 270 g/mol. The van der Waals surface area contributed by atoms with E-state index >= 15 is 0 Å². The van der Waals surface area contributed by atoms with Gasteiger partial charge in [0.05, 0.1) is 12.3 Å². The average Bonchev–Trinajstić information content (AvgIpc) is 2.47. The zero-order chi connectivity index (χ0) is 15.2. The average molecular weight is 285 g/mol. The highest BCUT2D eigenvalue weighted by Gasteiger charge is 2.14. The Bertz CT molecular complexity index is 721. The number of pyridine rings is 1. The number of H-pyrrole nitrogens is 1. The molecule has 2 aromatic rings. The molecule has 1 aromatic carbocycles. The van der Waals surface area contributed by atoms with E-state index in [0.717, 1.165) is 0 Å². The summed E-state index contributed by atoms with van der Waals surface area (Å²) in [6, 6.07) is 10.6. The van der Waals surface area contributed by atoms with Gasteiger partial charge in [0.1, 0.15) is 11.3 Å². The van der Waals surface area contributed by atoms with Crippen molar-refractivity contribution in [3.05, 3.63) is 58.0 Å². The van der Waals surface area contributed by atoms with Crippen LogP contribution in [-0.2, 0) is 4.74 Å². The number of benzene rings is 1. The minimum Gasteiger partial charge on any atom is -0.462 e. The number of azo groups is 1. The van der Waals surface area contributed by atoms with Crippen LogP contribution in [0.4, 0.5) is 11.4 Å². The summed E-state index contributed by atoms with van der Waals surface area (Å²) in [5, 5.41) is 8.13. The van der Waals surface area contributed by atoms with Crippen LogP contribution in [0.15, 0.2) is 51.4 Å². The number of hydrogen-bond acceptors (Lipinski definition) is 5. The molecule has 0 bridgehead atoms. The maximum Gasteiger partial charge on any atom is 0.343 e. The predicted octanol–water partition coefficient (Wildman–Crippen LogP) is 3.28. The fourth-order valence-electron chi connectivity index (χ4n) is 1.68. The first-order valence-corrected chi connectivity index (χ1v) is 6.49. The van der Waals surface area contributed by atoms with Crippen LogP contribution in [0.25, 0.3) is 0 Å². The normalized spacial score (nSPS) is 10.8. The van der Waals surface area contributed by atoms with Crippen molar-refractivity contribution < 1.29 is 9.53 Å². The molecule has 21 heavy (non-hydrogen) atoms. The molecule has 108 valence electrons. The maximum atomic E-state index is 11.8. The monoisotopic (exact) mass is 285 g/mol. The Labute approximate surface area is 121 Å². The van der Waals surface area contributed by atoms with Crippen LogP contribution in [0.3, 0.4) is 0 Å². The lowest BCUT2D eigenvalue weighted by atomic mass is 10.2. The van der Waals surface area contributed by atoms with Crippen molar-refractivity contribution >= 4 is 17.3 Å². The van der Waals surface area contributed by atoms with Gasteiger partial charge < -0.3 is 9.72 Å². The molecule has 0 atom stereocenters.